The molecular formula is C13H12ClFN4OS. The molecule has 0 unspecified atom stereocenters. The van der Waals surface area contributed by atoms with E-state index in [-0.39, 0.29) is 16.2 Å². The zero-order chi connectivity index (χ0) is 15.0. The molecule has 2 aromatic rings. The third-order valence-electron chi connectivity index (χ3n) is 3.29. The van der Waals surface area contributed by atoms with Gasteiger partial charge >= 0.3 is 0 Å². The molecule has 1 amide bonds. The standard InChI is InChI=1S/C13H12ClFN4OS/c1-18-7-16-17-13(18)21-11-4-5-19(12(11)20)8-2-3-10(15)9(14)6-8/h2-3,6-7,11H,4-5H2,1H3/t11-/m1/s1. The second-order valence-electron chi connectivity index (χ2n) is 4.71. The summed E-state index contributed by atoms with van der Waals surface area (Å²) in [5.41, 5.74) is 0.618. The Kier molecular flexibility index (Phi) is 3.86. The lowest BCUT2D eigenvalue weighted by molar-refractivity contribution is -0.116. The Morgan fingerprint density at radius 3 is 2.95 bits per heavy atom. The molecule has 1 aromatic carbocycles. The first-order chi connectivity index (χ1) is 10.1. The highest BCUT2D eigenvalue weighted by Crippen LogP contribution is 2.33. The molecule has 0 radical (unpaired) electrons. The molecule has 2 heterocycles. The number of anilines is 1. The summed E-state index contributed by atoms with van der Waals surface area (Å²) in [4.78, 5) is 14.1. The number of hydrogen-bond acceptors (Lipinski definition) is 4. The first kappa shape index (κ1) is 14.3. The van der Waals surface area contributed by atoms with Gasteiger partial charge in [-0.25, -0.2) is 4.39 Å². The maximum atomic E-state index is 13.2. The number of aryl methyl sites for hydroxylation is 1. The molecule has 5 nitrogen and oxygen atoms in total. The van der Waals surface area contributed by atoms with Crippen molar-refractivity contribution in [2.45, 2.75) is 16.8 Å². The fourth-order valence-corrected chi connectivity index (χ4v) is 3.37. The van der Waals surface area contributed by atoms with Crippen LogP contribution in [0.2, 0.25) is 5.02 Å². The molecule has 1 saturated heterocycles. The van der Waals surface area contributed by atoms with Gasteiger partial charge in [-0.3, -0.25) is 4.79 Å². The molecule has 1 fully saturated rings. The van der Waals surface area contributed by atoms with Crippen molar-refractivity contribution < 1.29 is 9.18 Å². The fourth-order valence-electron chi connectivity index (χ4n) is 2.18. The van der Waals surface area contributed by atoms with Gasteiger partial charge in [-0.1, -0.05) is 23.4 Å². The molecule has 0 spiro atoms. The molecule has 1 aromatic heterocycles. The summed E-state index contributed by atoms with van der Waals surface area (Å²) in [5.74, 6) is -0.511. The van der Waals surface area contributed by atoms with Gasteiger partial charge in [0.05, 0.1) is 10.3 Å². The zero-order valence-corrected chi connectivity index (χ0v) is 12.7. The van der Waals surface area contributed by atoms with Crippen LogP contribution in [-0.4, -0.2) is 32.5 Å². The molecule has 0 N–H and O–H groups in total. The largest absolute Gasteiger partial charge is 0.312 e. The Labute approximate surface area is 130 Å². The van der Waals surface area contributed by atoms with E-state index in [4.69, 9.17) is 11.6 Å². The second-order valence-corrected chi connectivity index (χ2v) is 6.28. The van der Waals surface area contributed by atoms with Crippen LogP contribution in [0.1, 0.15) is 6.42 Å². The normalized spacial score (nSPS) is 18.5. The lowest BCUT2D eigenvalue weighted by Gasteiger charge is -2.17. The van der Waals surface area contributed by atoms with Crippen LogP contribution in [0.15, 0.2) is 29.7 Å². The van der Waals surface area contributed by atoms with E-state index in [1.807, 2.05) is 7.05 Å². The number of carbonyl (C=O) groups is 1. The number of benzene rings is 1. The zero-order valence-electron chi connectivity index (χ0n) is 11.2. The van der Waals surface area contributed by atoms with Crippen LogP contribution in [0.4, 0.5) is 10.1 Å². The number of nitrogens with zero attached hydrogens (tertiary/aromatic N) is 4. The summed E-state index contributed by atoms with van der Waals surface area (Å²) in [5, 5.41) is 8.28. The van der Waals surface area contributed by atoms with Crippen molar-refractivity contribution in [3.63, 3.8) is 0 Å². The van der Waals surface area contributed by atoms with Crippen LogP contribution < -0.4 is 4.90 Å². The first-order valence-corrected chi connectivity index (χ1v) is 7.59. The van der Waals surface area contributed by atoms with Crippen LogP contribution in [0.3, 0.4) is 0 Å². The lowest BCUT2D eigenvalue weighted by atomic mass is 10.3. The van der Waals surface area contributed by atoms with Crippen molar-refractivity contribution in [2.24, 2.45) is 7.05 Å². The highest BCUT2D eigenvalue weighted by atomic mass is 35.5. The van der Waals surface area contributed by atoms with Gasteiger partial charge in [-0.2, -0.15) is 0 Å². The van der Waals surface area contributed by atoms with Crippen LogP contribution in [0.25, 0.3) is 0 Å². The van der Waals surface area contributed by atoms with Crippen LogP contribution >= 0.6 is 23.4 Å². The molecule has 1 atom stereocenters. The number of thioether (sulfide) groups is 1. The van der Waals surface area contributed by atoms with Gasteiger partial charge in [0.2, 0.25) is 5.91 Å². The van der Waals surface area contributed by atoms with Gasteiger partial charge in [0.1, 0.15) is 12.1 Å². The summed E-state index contributed by atoms with van der Waals surface area (Å²) in [6.07, 6.45) is 2.30. The highest BCUT2D eigenvalue weighted by Gasteiger charge is 2.34. The Morgan fingerprint density at radius 2 is 2.29 bits per heavy atom. The first-order valence-electron chi connectivity index (χ1n) is 6.33. The van der Waals surface area contributed by atoms with E-state index in [0.717, 1.165) is 0 Å². The molecule has 0 bridgehead atoms. The number of hydrogen-bond donors (Lipinski definition) is 0. The smallest absolute Gasteiger partial charge is 0.240 e. The van der Waals surface area contributed by atoms with Crippen molar-refractivity contribution in [3.05, 3.63) is 35.4 Å². The third-order valence-corrected chi connectivity index (χ3v) is 4.88. The number of rotatable bonds is 3. The molecule has 8 heteroatoms. The predicted molar refractivity (Wildman–Crippen MR) is 79.0 cm³/mol. The Balaban J connectivity index is 1.77. The van der Waals surface area contributed by atoms with E-state index < -0.39 is 5.82 Å². The van der Waals surface area contributed by atoms with Gasteiger partial charge < -0.3 is 9.47 Å². The maximum absolute atomic E-state index is 13.2. The Morgan fingerprint density at radius 1 is 1.48 bits per heavy atom. The fraction of sp³-hybridized carbons (Fsp3) is 0.308. The van der Waals surface area contributed by atoms with Crippen LogP contribution in [-0.2, 0) is 11.8 Å². The minimum absolute atomic E-state index is 0.0182. The van der Waals surface area contributed by atoms with Gasteiger partial charge in [-0.05, 0) is 24.6 Å². The van der Waals surface area contributed by atoms with E-state index in [0.29, 0.717) is 23.8 Å². The van der Waals surface area contributed by atoms with E-state index >= 15 is 0 Å². The molecule has 3 rings (SSSR count). The molecule has 21 heavy (non-hydrogen) atoms. The molecule has 1 aliphatic heterocycles. The minimum atomic E-state index is -0.489. The van der Waals surface area contributed by atoms with E-state index in [1.165, 1.54) is 23.9 Å². The predicted octanol–water partition coefficient (Wildman–Crippen LogP) is 2.51. The Hall–Kier alpha value is -1.60. The third kappa shape index (κ3) is 2.75. The topological polar surface area (TPSA) is 51.0 Å². The number of carbonyl (C=O) groups excluding carboxylic acids is 1. The van der Waals surface area contributed by atoms with Crippen molar-refractivity contribution >= 4 is 35.0 Å². The van der Waals surface area contributed by atoms with Gasteiger partial charge in [-0.15, -0.1) is 10.2 Å². The van der Waals surface area contributed by atoms with Crippen molar-refractivity contribution in [3.8, 4) is 0 Å². The van der Waals surface area contributed by atoms with E-state index in [1.54, 1.807) is 21.9 Å². The number of aromatic nitrogens is 3. The summed E-state index contributed by atoms with van der Waals surface area (Å²) < 4.78 is 15.0. The van der Waals surface area contributed by atoms with Crippen LogP contribution in [0, 0.1) is 5.82 Å². The van der Waals surface area contributed by atoms with Gasteiger partial charge in [0.15, 0.2) is 5.16 Å². The van der Waals surface area contributed by atoms with Crippen molar-refractivity contribution in [1.29, 1.82) is 0 Å². The second kappa shape index (κ2) is 5.65. The van der Waals surface area contributed by atoms with E-state index in [2.05, 4.69) is 10.2 Å². The summed E-state index contributed by atoms with van der Waals surface area (Å²) in [6, 6.07) is 4.31. The van der Waals surface area contributed by atoms with Crippen molar-refractivity contribution in [1.82, 2.24) is 14.8 Å². The quantitative estimate of drug-likeness (QED) is 0.869. The van der Waals surface area contributed by atoms with Gasteiger partial charge in [0, 0.05) is 19.3 Å². The lowest BCUT2D eigenvalue weighted by Crippen LogP contribution is -2.28. The monoisotopic (exact) mass is 326 g/mol. The minimum Gasteiger partial charge on any atom is -0.312 e. The average Bonchev–Trinajstić information content (AvgIpc) is 3.02. The molecule has 1 aliphatic rings. The average molecular weight is 327 g/mol. The highest BCUT2D eigenvalue weighted by molar-refractivity contribution is 8.00. The summed E-state index contributed by atoms with van der Waals surface area (Å²) >= 11 is 7.16. The molecule has 0 aliphatic carbocycles. The maximum Gasteiger partial charge on any atom is 0.240 e. The SMILES string of the molecule is Cn1cnnc1S[C@@H]1CCN(c2ccc(F)c(Cl)c2)C1=O. The van der Waals surface area contributed by atoms with Gasteiger partial charge in [0.25, 0.3) is 0 Å². The number of halogens is 2. The summed E-state index contributed by atoms with van der Waals surface area (Å²) in [7, 11) is 1.83. The molecular weight excluding hydrogens is 315 g/mol. The number of amides is 1. The molecule has 110 valence electrons. The molecule has 0 saturated carbocycles. The van der Waals surface area contributed by atoms with Crippen molar-refractivity contribution in [2.75, 3.05) is 11.4 Å². The van der Waals surface area contributed by atoms with E-state index in [9.17, 15) is 9.18 Å². The van der Waals surface area contributed by atoms with Crippen LogP contribution in [0.5, 0.6) is 0 Å². The Bertz CT molecular complexity index is 693. The summed E-state index contributed by atoms with van der Waals surface area (Å²) in [6.45, 7) is 0.580.